The zero-order chi connectivity index (χ0) is 14.4. The van der Waals surface area contributed by atoms with Crippen LogP contribution in [0.5, 0.6) is 0 Å². The average molecular weight is 269 g/mol. The van der Waals surface area contributed by atoms with Crippen LogP contribution in [-0.4, -0.2) is 18.3 Å². The Hall–Kier alpha value is -0.975. The maximum Gasteiger partial charge on any atom is 0.500 e. The van der Waals surface area contributed by atoms with Gasteiger partial charge in [0.05, 0.1) is 16.7 Å². The first kappa shape index (κ1) is 14.4. The molecule has 0 saturated carbocycles. The summed E-state index contributed by atoms with van der Waals surface area (Å²) in [6, 6.07) is 2.42. The molecule has 2 rings (SSSR count). The molecule has 0 amide bonds. The van der Waals surface area contributed by atoms with Crippen LogP contribution >= 0.6 is 0 Å². The van der Waals surface area contributed by atoms with E-state index in [1.165, 1.54) is 12.1 Å². The number of rotatable bonds is 2. The Bertz CT molecular complexity index is 466. The summed E-state index contributed by atoms with van der Waals surface area (Å²) in [5.74, 6) is -1.39. The monoisotopic (exact) mass is 269 g/mol. The van der Waals surface area contributed by atoms with Crippen molar-refractivity contribution < 1.29 is 18.1 Å². The molecule has 0 spiro atoms. The van der Waals surface area contributed by atoms with Crippen molar-refractivity contribution >= 4 is 12.6 Å². The van der Waals surface area contributed by atoms with Gasteiger partial charge in [-0.1, -0.05) is 0 Å². The topological polar surface area (TPSA) is 44.5 Å². The van der Waals surface area contributed by atoms with Crippen molar-refractivity contribution in [2.45, 2.75) is 45.4 Å². The summed E-state index contributed by atoms with van der Waals surface area (Å²) in [5, 5.41) is 0. The van der Waals surface area contributed by atoms with Crippen molar-refractivity contribution in [1.29, 1.82) is 0 Å². The molecule has 0 bridgehead atoms. The van der Waals surface area contributed by atoms with Crippen LogP contribution in [0.2, 0.25) is 0 Å². The van der Waals surface area contributed by atoms with Crippen LogP contribution in [0.1, 0.15) is 33.3 Å². The fraction of sp³-hybridized carbons (Fsp3) is 0.538. The van der Waals surface area contributed by atoms with E-state index < -0.39 is 30.0 Å². The summed E-state index contributed by atoms with van der Waals surface area (Å²) < 4.78 is 39.3. The van der Waals surface area contributed by atoms with E-state index in [-0.39, 0.29) is 12.0 Å². The van der Waals surface area contributed by atoms with E-state index in [1.54, 1.807) is 0 Å². The zero-order valence-electron chi connectivity index (χ0n) is 11.6. The van der Waals surface area contributed by atoms with Crippen LogP contribution in [0, 0.1) is 11.6 Å². The van der Waals surface area contributed by atoms with Gasteiger partial charge in [0.2, 0.25) is 0 Å². The fourth-order valence-corrected chi connectivity index (χ4v) is 1.94. The Morgan fingerprint density at radius 2 is 1.47 bits per heavy atom. The lowest BCUT2D eigenvalue weighted by Gasteiger charge is -2.32. The van der Waals surface area contributed by atoms with Gasteiger partial charge in [0, 0.05) is 6.54 Å². The minimum absolute atomic E-state index is 0.0808. The zero-order valence-corrected chi connectivity index (χ0v) is 11.6. The Morgan fingerprint density at radius 1 is 1.05 bits per heavy atom. The molecular weight excluding hydrogens is 251 g/mol. The van der Waals surface area contributed by atoms with Crippen LogP contribution in [0.25, 0.3) is 0 Å². The van der Waals surface area contributed by atoms with Crippen LogP contribution in [0.15, 0.2) is 12.1 Å². The van der Waals surface area contributed by atoms with E-state index in [1.807, 2.05) is 27.7 Å². The summed E-state index contributed by atoms with van der Waals surface area (Å²) in [6.45, 7) is 7.40. The maximum absolute atomic E-state index is 14.0. The second-order valence-corrected chi connectivity index (χ2v) is 5.77. The third-order valence-corrected chi connectivity index (χ3v) is 3.86. The molecule has 0 aromatic heterocycles. The molecule has 1 aliphatic heterocycles. The number of nitrogens with two attached hydrogens (primary N) is 1. The molecular formula is C13H18BF2NO2. The van der Waals surface area contributed by atoms with Crippen LogP contribution in [0.4, 0.5) is 8.78 Å². The van der Waals surface area contributed by atoms with Crippen LogP contribution in [0.3, 0.4) is 0 Å². The van der Waals surface area contributed by atoms with E-state index in [0.29, 0.717) is 5.56 Å². The number of hydrogen-bond donors (Lipinski definition) is 1. The molecule has 0 radical (unpaired) electrons. The van der Waals surface area contributed by atoms with E-state index >= 15 is 0 Å². The lowest BCUT2D eigenvalue weighted by atomic mass is 9.77. The van der Waals surface area contributed by atoms with E-state index in [0.717, 1.165) is 0 Å². The van der Waals surface area contributed by atoms with Gasteiger partial charge in [-0.25, -0.2) is 8.78 Å². The summed E-state index contributed by atoms with van der Waals surface area (Å²) >= 11 is 0. The Morgan fingerprint density at radius 3 is 1.84 bits per heavy atom. The maximum atomic E-state index is 14.0. The molecule has 0 atom stereocenters. The van der Waals surface area contributed by atoms with Crippen molar-refractivity contribution in [3.8, 4) is 0 Å². The smallest absolute Gasteiger partial charge is 0.399 e. The molecule has 19 heavy (non-hydrogen) atoms. The highest BCUT2D eigenvalue weighted by molar-refractivity contribution is 6.62. The normalized spacial score (nSPS) is 20.9. The number of halogens is 2. The SMILES string of the molecule is CC1(C)OB(c2c(F)cc(CN)cc2F)OC1(C)C. The van der Waals surface area contributed by atoms with Crippen LogP contribution in [-0.2, 0) is 15.9 Å². The molecule has 1 saturated heterocycles. The first-order chi connectivity index (χ1) is 8.68. The fourth-order valence-electron chi connectivity index (χ4n) is 1.94. The van der Waals surface area contributed by atoms with Crippen molar-refractivity contribution in [2.24, 2.45) is 5.73 Å². The molecule has 1 aliphatic rings. The molecule has 1 aromatic rings. The third kappa shape index (κ3) is 2.40. The highest BCUT2D eigenvalue weighted by Crippen LogP contribution is 2.36. The largest absolute Gasteiger partial charge is 0.500 e. The van der Waals surface area contributed by atoms with Gasteiger partial charge in [-0.05, 0) is 45.4 Å². The van der Waals surface area contributed by atoms with Gasteiger partial charge in [-0.3, -0.25) is 0 Å². The molecule has 3 nitrogen and oxygen atoms in total. The number of benzene rings is 1. The highest BCUT2D eigenvalue weighted by atomic mass is 19.1. The molecule has 0 unspecified atom stereocenters. The minimum atomic E-state index is -1.04. The molecule has 1 fully saturated rings. The van der Waals surface area contributed by atoms with E-state index in [9.17, 15) is 8.78 Å². The minimum Gasteiger partial charge on any atom is -0.399 e. The molecule has 104 valence electrons. The molecule has 6 heteroatoms. The number of hydrogen-bond acceptors (Lipinski definition) is 3. The summed E-state index contributed by atoms with van der Waals surface area (Å²) in [7, 11) is -1.04. The van der Waals surface area contributed by atoms with Gasteiger partial charge in [-0.15, -0.1) is 0 Å². The van der Waals surface area contributed by atoms with E-state index in [4.69, 9.17) is 15.0 Å². The van der Waals surface area contributed by atoms with Gasteiger partial charge >= 0.3 is 7.12 Å². The Kier molecular flexibility index (Phi) is 3.45. The molecule has 2 N–H and O–H groups in total. The van der Waals surface area contributed by atoms with Gasteiger partial charge in [0.1, 0.15) is 11.6 Å². The van der Waals surface area contributed by atoms with Crippen LogP contribution < -0.4 is 11.2 Å². The van der Waals surface area contributed by atoms with Gasteiger partial charge in [0.15, 0.2) is 0 Å². The quantitative estimate of drug-likeness (QED) is 0.831. The predicted octanol–water partition coefficient (Wildman–Crippen LogP) is 1.72. The van der Waals surface area contributed by atoms with Gasteiger partial charge in [-0.2, -0.15) is 0 Å². The standard InChI is InChI=1S/C13H18BF2NO2/c1-12(2)13(3,4)19-14(18-12)11-9(15)5-8(7-17)6-10(11)16/h5-6H,7,17H2,1-4H3. The summed E-state index contributed by atoms with van der Waals surface area (Å²) in [4.78, 5) is 0. The van der Waals surface area contributed by atoms with Gasteiger partial charge < -0.3 is 15.0 Å². The second-order valence-electron chi connectivity index (χ2n) is 5.77. The van der Waals surface area contributed by atoms with Crippen molar-refractivity contribution in [3.05, 3.63) is 29.3 Å². The third-order valence-electron chi connectivity index (χ3n) is 3.86. The average Bonchev–Trinajstić information content (AvgIpc) is 2.46. The summed E-state index contributed by atoms with van der Waals surface area (Å²) in [5.41, 5.74) is 4.31. The Labute approximate surface area is 112 Å². The lowest BCUT2D eigenvalue weighted by Crippen LogP contribution is -2.41. The lowest BCUT2D eigenvalue weighted by molar-refractivity contribution is 0.00578. The first-order valence-electron chi connectivity index (χ1n) is 6.21. The van der Waals surface area contributed by atoms with E-state index in [2.05, 4.69) is 0 Å². The first-order valence-corrected chi connectivity index (χ1v) is 6.21. The summed E-state index contributed by atoms with van der Waals surface area (Å²) in [6.07, 6.45) is 0. The Balaban J connectivity index is 2.40. The van der Waals surface area contributed by atoms with Crippen molar-refractivity contribution in [3.63, 3.8) is 0 Å². The predicted molar refractivity (Wildman–Crippen MR) is 70.0 cm³/mol. The highest BCUT2D eigenvalue weighted by Gasteiger charge is 2.53. The molecule has 1 heterocycles. The molecule has 1 aromatic carbocycles. The van der Waals surface area contributed by atoms with Crippen molar-refractivity contribution in [2.75, 3.05) is 0 Å². The molecule has 0 aliphatic carbocycles. The second kappa shape index (κ2) is 4.54. The van der Waals surface area contributed by atoms with Crippen molar-refractivity contribution in [1.82, 2.24) is 0 Å². The van der Waals surface area contributed by atoms with Gasteiger partial charge in [0.25, 0.3) is 0 Å².